The van der Waals surface area contributed by atoms with E-state index in [9.17, 15) is 29.3 Å². The number of esters is 1. The third-order valence-corrected chi connectivity index (χ3v) is 6.12. The second-order valence-electron chi connectivity index (χ2n) is 8.45. The van der Waals surface area contributed by atoms with Crippen LogP contribution in [0.2, 0.25) is 0 Å². The van der Waals surface area contributed by atoms with Crippen molar-refractivity contribution in [3.63, 3.8) is 0 Å². The van der Waals surface area contributed by atoms with E-state index in [-0.39, 0.29) is 48.2 Å². The van der Waals surface area contributed by atoms with Crippen LogP contribution in [0.15, 0.2) is 48.5 Å². The third-order valence-electron chi connectivity index (χ3n) is 6.12. The predicted molar refractivity (Wildman–Crippen MR) is 126 cm³/mol. The molecule has 2 unspecified atom stereocenters. The van der Waals surface area contributed by atoms with Crippen LogP contribution in [0.3, 0.4) is 0 Å². The van der Waals surface area contributed by atoms with E-state index < -0.39 is 34.7 Å². The summed E-state index contributed by atoms with van der Waals surface area (Å²) in [6.45, 7) is 2.50. The molecule has 0 N–H and O–H groups in total. The van der Waals surface area contributed by atoms with Gasteiger partial charge in [0.2, 0.25) is 5.91 Å². The fraction of sp³-hybridized carbons (Fsp3) is 0.360. The first kappa shape index (κ1) is 25.0. The normalized spacial score (nSPS) is 19.4. The van der Waals surface area contributed by atoms with Crippen LogP contribution in [0.25, 0.3) is 0 Å². The molecule has 2 aliphatic rings. The van der Waals surface area contributed by atoms with Gasteiger partial charge in [-0.25, -0.2) is 9.69 Å². The number of nitro benzene ring substituents is 1. The number of non-ortho nitro benzene ring substituents is 1. The van der Waals surface area contributed by atoms with Gasteiger partial charge < -0.3 is 14.4 Å². The quantitative estimate of drug-likeness (QED) is 0.236. The highest BCUT2D eigenvalue weighted by molar-refractivity contribution is 6.23. The Morgan fingerprint density at radius 1 is 1.17 bits per heavy atom. The fourth-order valence-electron chi connectivity index (χ4n) is 4.37. The summed E-state index contributed by atoms with van der Waals surface area (Å²) in [5, 5.41) is 11.2. The Bertz CT molecular complexity index is 1190. The molecule has 0 saturated carbocycles. The SMILES string of the molecule is CCOC(=O)c1ccc(N2C(=O)CC(N(CC3CCCO3)C(=O)c3cccc([N+](=O)[O-])c3)C2=O)cc1. The molecule has 2 aliphatic heterocycles. The van der Waals surface area contributed by atoms with E-state index in [4.69, 9.17) is 9.47 Å². The molecule has 0 spiro atoms. The van der Waals surface area contributed by atoms with Crippen molar-refractivity contribution in [2.24, 2.45) is 0 Å². The lowest BCUT2D eigenvalue weighted by molar-refractivity contribution is -0.384. The molecule has 2 heterocycles. The molecule has 4 rings (SSSR count). The Morgan fingerprint density at radius 2 is 1.92 bits per heavy atom. The maximum atomic E-state index is 13.5. The van der Waals surface area contributed by atoms with Crippen LogP contribution in [0.5, 0.6) is 0 Å². The van der Waals surface area contributed by atoms with E-state index in [1.165, 1.54) is 47.4 Å². The minimum Gasteiger partial charge on any atom is -0.462 e. The summed E-state index contributed by atoms with van der Waals surface area (Å²) in [4.78, 5) is 64.6. The molecule has 2 atom stereocenters. The van der Waals surface area contributed by atoms with Crippen molar-refractivity contribution < 1.29 is 33.6 Å². The fourth-order valence-corrected chi connectivity index (χ4v) is 4.37. The molecule has 11 heteroatoms. The van der Waals surface area contributed by atoms with Crippen LogP contribution in [0, 0.1) is 10.1 Å². The molecule has 0 radical (unpaired) electrons. The molecular formula is C25H25N3O8. The van der Waals surface area contributed by atoms with Crippen molar-refractivity contribution in [3.05, 3.63) is 69.8 Å². The Kier molecular flexibility index (Phi) is 7.39. The summed E-state index contributed by atoms with van der Waals surface area (Å²) >= 11 is 0. The van der Waals surface area contributed by atoms with Crippen molar-refractivity contribution in [3.8, 4) is 0 Å². The van der Waals surface area contributed by atoms with E-state index in [0.29, 0.717) is 13.0 Å². The number of hydrogen-bond donors (Lipinski definition) is 0. The van der Waals surface area contributed by atoms with Gasteiger partial charge in [-0.1, -0.05) is 6.07 Å². The van der Waals surface area contributed by atoms with Crippen LogP contribution >= 0.6 is 0 Å². The third kappa shape index (κ3) is 5.10. The summed E-state index contributed by atoms with van der Waals surface area (Å²) in [6, 6.07) is 10.0. The van der Waals surface area contributed by atoms with Crippen LogP contribution in [0.4, 0.5) is 11.4 Å². The highest BCUT2D eigenvalue weighted by Crippen LogP contribution is 2.29. The van der Waals surface area contributed by atoms with Gasteiger partial charge in [-0.15, -0.1) is 0 Å². The molecule has 2 aromatic rings. The number of amides is 3. The van der Waals surface area contributed by atoms with E-state index in [0.717, 1.165) is 17.4 Å². The van der Waals surface area contributed by atoms with Crippen molar-refractivity contribution in [1.82, 2.24) is 4.90 Å². The number of anilines is 1. The van der Waals surface area contributed by atoms with Crippen molar-refractivity contribution >= 4 is 35.1 Å². The van der Waals surface area contributed by atoms with Gasteiger partial charge in [0.05, 0.1) is 35.3 Å². The molecule has 0 aromatic heterocycles. The number of imide groups is 1. The standard InChI is InChI=1S/C25H25N3O8/c1-2-35-25(32)16-8-10-18(11-9-16)27-22(29)14-21(24(27)31)26(15-20-7-4-12-36-20)23(30)17-5-3-6-19(13-17)28(33)34/h3,5-6,8-11,13,20-21H,2,4,7,12,14-15H2,1H3. The number of carbonyl (C=O) groups excluding carboxylic acids is 4. The highest BCUT2D eigenvalue weighted by Gasteiger charge is 2.45. The molecule has 11 nitrogen and oxygen atoms in total. The Labute approximate surface area is 206 Å². The van der Waals surface area contributed by atoms with Crippen molar-refractivity contribution in [2.75, 3.05) is 24.7 Å². The largest absolute Gasteiger partial charge is 0.462 e. The lowest BCUT2D eigenvalue weighted by atomic mass is 10.1. The zero-order chi connectivity index (χ0) is 25.8. The zero-order valence-corrected chi connectivity index (χ0v) is 19.6. The minimum atomic E-state index is -1.10. The van der Waals surface area contributed by atoms with Gasteiger partial charge in [0.1, 0.15) is 6.04 Å². The van der Waals surface area contributed by atoms with Crippen LogP contribution in [-0.2, 0) is 19.1 Å². The first-order chi connectivity index (χ1) is 17.3. The minimum absolute atomic E-state index is 0.0414. The number of carbonyl (C=O) groups is 4. The highest BCUT2D eigenvalue weighted by atomic mass is 16.6. The molecule has 2 saturated heterocycles. The van der Waals surface area contributed by atoms with Crippen LogP contribution in [-0.4, -0.2) is 65.4 Å². The molecule has 0 bridgehead atoms. The molecule has 2 fully saturated rings. The number of nitrogens with zero attached hydrogens (tertiary/aromatic N) is 3. The topological polar surface area (TPSA) is 136 Å². The number of nitro groups is 1. The Morgan fingerprint density at radius 3 is 2.56 bits per heavy atom. The van der Waals surface area contributed by atoms with Crippen molar-refractivity contribution in [1.29, 1.82) is 0 Å². The summed E-state index contributed by atoms with van der Waals surface area (Å²) < 4.78 is 10.6. The molecule has 3 amide bonds. The van der Waals surface area contributed by atoms with E-state index in [2.05, 4.69) is 0 Å². The average Bonchev–Trinajstić information content (AvgIpc) is 3.49. The lowest BCUT2D eigenvalue weighted by Gasteiger charge is -2.29. The Balaban J connectivity index is 1.61. The summed E-state index contributed by atoms with van der Waals surface area (Å²) in [5.74, 6) is -2.22. The van der Waals surface area contributed by atoms with Gasteiger partial charge in [-0.2, -0.15) is 0 Å². The lowest BCUT2D eigenvalue weighted by Crippen LogP contribution is -2.48. The molecule has 2 aromatic carbocycles. The number of benzene rings is 2. The van der Waals surface area contributed by atoms with Crippen LogP contribution < -0.4 is 4.90 Å². The van der Waals surface area contributed by atoms with Gasteiger partial charge in [-0.3, -0.25) is 24.5 Å². The van der Waals surface area contributed by atoms with E-state index in [1.54, 1.807) is 6.92 Å². The van der Waals surface area contributed by atoms with Gasteiger partial charge in [0.25, 0.3) is 17.5 Å². The molecule has 0 aliphatic carbocycles. The summed E-state index contributed by atoms with van der Waals surface area (Å²) in [6.07, 6.45) is 0.937. The van der Waals surface area contributed by atoms with E-state index >= 15 is 0 Å². The smallest absolute Gasteiger partial charge is 0.338 e. The van der Waals surface area contributed by atoms with Gasteiger partial charge >= 0.3 is 5.97 Å². The predicted octanol–water partition coefficient (Wildman–Crippen LogP) is 2.72. The number of ether oxygens (including phenoxy) is 2. The maximum Gasteiger partial charge on any atom is 0.338 e. The maximum absolute atomic E-state index is 13.5. The molecule has 36 heavy (non-hydrogen) atoms. The Hall–Kier alpha value is -4.12. The summed E-state index contributed by atoms with van der Waals surface area (Å²) in [7, 11) is 0. The summed E-state index contributed by atoms with van der Waals surface area (Å²) in [5.41, 5.74) is 0.326. The number of hydrogen-bond acceptors (Lipinski definition) is 8. The first-order valence-corrected chi connectivity index (χ1v) is 11.6. The average molecular weight is 495 g/mol. The van der Waals surface area contributed by atoms with Gasteiger partial charge in [0.15, 0.2) is 0 Å². The molecule has 188 valence electrons. The second kappa shape index (κ2) is 10.6. The number of rotatable bonds is 8. The molecular weight excluding hydrogens is 470 g/mol. The van der Waals surface area contributed by atoms with E-state index in [1.807, 2.05) is 0 Å². The second-order valence-corrected chi connectivity index (χ2v) is 8.45. The van der Waals surface area contributed by atoms with Gasteiger partial charge in [-0.05, 0) is 50.1 Å². The first-order valence-electron chi connectivity index (χ1n) is 11.6. The monoisotopic (exact) mass is 495 g/mol. The van der Waals surface area contributed by atoms with Crippen LogP contribution in [0.1, 0.15) is 46.9 Å². The van der Waals surface area contributed by atoms with Crippen molar-refractivity contribution in [2.45, 2.75) is 38.3 Å². The van der Waals surface area contributed by atoms with Gasteiger partial charge in [0, 0.05) is 30.8 Å². The zero-order valence-electron chi connectivity index (χ0n) is 19.6.